The summed E-state index contributed by atoms with van der Waals surface area (Å²) in [6.07, 6.45) is 1.87. The minimum Gasteiger partial charge on any atom is -0.370 e. The van der Waals surface area contributed by atoms with Crippen LogP contribution in [0.5, 0.6) is 0 Å². The van der Waals surface area contributed by atoms with E-state index in [-0.39, 0.29) is 24.1 Å². The Bertz CT molecular complexity index is 226. The highest BCUT2D eigenvalue weighted by molar-refractivity contribution is 5.84. The second-order valence-electron chi connectivity index (χ2n) is 3.15. The fourth-order valence-electron chi connectivity index (χ4n) is 0.896. The van der Waals surface area contributed by atoms with E-state index in [0.29, 0.717) is 25.7 Å². The summed E-state index contributed by atoms with van der Waals surface area (Å²) in [6.45, 7) is 1.49. The van der Waals surface area contributed by atoms with E-state index >= 15 is 0 Å². The standard InChI is InChI=1S/C9H16N2O3/c1-7(12)6-11-9(14)5-3-2-4-8(10)13/h2-6H2,1H3,(H2,10,13)(H,11,14). The molecule has 0 radical (unpaired) electrons. The van der Waals surface area contributed by atoms with Crippen molar-refractivity contribution in [3.05, 3.63) is 0 Å². The number of primary amides is 1. The topological polar surface area (TPSA) is 89.3 Å². The van der Waals surface area contributed by atoms with Gasteiger partial charge in [-0.3, -0.25) is 14.4 Å². The molecule has 5 nitrogen and oxygen atoms in total. The Morgan fingerprint density at radius 2 is 1.71 bits per heavy atom. The molecule has 0 unspecified atom stereocenters. The lowest BCUT2D eigenvalue weighted by molar-refractivity contribution is -0.124. The number of ketones is 1. The highest BCUT2D eigenvalue weighted by Crippen LogP contribution is 1.98. The molecule has 0 aromatic rings. The van der Waals surface area contributed by atoms with Gasteiger partial charge in [-0.05, 0) is 19.8 Å². The van der Waals surface area contributed by atoms with Gasteiger partial charge < -0.3 is 11.1 Å². The quantitative estimate of drug-likeness (QED) is 0.555. The Kier molecular flexibility index (Phi) is 6.36. The molecule has 0 fully saturated rings. The second kappa shape index (κ2) is 7.06. The minimum atomic E-state index is -0.353. The number of nitrogens with one attached hydrogen (secondary N) is 1. The summed E-state index contributed by atoms with van der Waals surface area (Å²) in [5.41, 5.74) is 4.92. The zero-order valence-corrected chi connectivity index (χ0v) is 8.34. The predicted octanol–water partition coefficient (Wildman–Crippen LogP) is -0.263. The van der Waals surface area contributed by atoms with Crippen LogP contribution in [0.4, 0.5) is 0 Å². The fraction of sp³-hybridized carbons (Fsp3) is 0.667. The third kappa shape index (κ3) is 8.70. The number of unbranched alkanes of at least 4 members (excludes halogenated alkanes) is 1. The lowest BCUT2D eigenvalue weighted by atomic mass is 10.2. The number of Topliss-reactive ketones (excluding diaryl/α,β-unsaturated/α-hetero) is 1. The molecular formula is C9H16N2O3. The Morgan fingerprint density at radius 3 is 2.21 bits per heavy atom. The van der Waals surface area contributed by atoms with Gasteiger partial charge in [-0.1, -0.05) is 0 Å². The van der Waals surface area contributed by atoms with Crippen molar-refractivity contribution in [2.75, 3.05) is 6.54 Å². The first-order valence-electron chi connectivity index (χ1n) is 4.57. The van der Waals surface area contributed by atoms with Crippen LogP contribution < -0.4 is 11.1 Å². The summed E-state index contributed by atoms with van der Waals surface area (Å²) in [6, 6.07) is 0. The van der Waals surface area contributed by atoms with E-state index in [2.05, 4.69) is 5.32 Å². The van der Waals surface area contributed by atoms with Crippen LogP contribution in [0.25, 0.3) is 0 Å². The smallest absolute Gasteiger partial charge is 0.220 e. The molecule has 14 heavy (non-hydrogen) atoms. The van der Waals surface area contributed by atoms with Gasteiger partial charge in [0.15, 0.2) is 0 Å². The molecule has 0 saturated heterocycles. The van der Waals surface area contributed by atoms with Gasteiger partial charge in [0.25, 0.3) is 0 Å². The van der Waals surface area contributed by atoms with Crippen LogP contribution in [0.3, 0.4) is 0 Å². The molecule has 0 aliphatic carbocycles. The highest BCUT2D eigenvalue weighted by Gasteiger charge is 2.02. The van der Waals surface area contributed by atoms with Crippen molar-refractivity contribution in [2.45, 2.75) is 32.6 Å². The zero-order chi connectivity index (χ0) is 11.0. The van der Waals surface area contributed by atoms with Gasteiger partial charge in [0, 0.05) is 12.8 Å². The summed E-state index contributed by atoms with van der Waals surface area (Å²) in [5.74, 6) is -0.589. The first-order chi connectivity index (χ1) is 6.52. The average molecular weight is 200 g/mol. The van der Waals surface area contributed by atoms with Crippen molar-refractivity contribution < 1.29 is 14.4 Å². The molecule has 0 spiro atoms. The number of amides is 2. The van der Waals surface area contributed by atoms with Crippen LogP contribution >= 0.6 is 0 Å². The number of hydrogen-bond donors (Lipinski definition) is 2. The zero-order valence-electron chi connectivity index (χ0n) is 8.34. The third-order valence-electron chi connectivity index (χ3n) is 1.61. The molecule has 0 aliphatic rings. The largest absolute Gasteiger partial charge is 0.370 e. The molecule has 0 atom stereocenters. The number of carbonyl (C=O) groups is 3. The summed E-state index contributed by atoms with van der Waals surface area (Å²) < 4.78 is 0. The Labute approximate surface area is 83.0 Å². The maximum atomic E-state index is 11.0. The van der Waals surface area contributed by atoms with Gasteiger partial charge in [0.2, 0.25) is 11.8 Å². The van der Waals surface area contributed by atoms with E-state index in [4.69, 9.17) is 5.73 Å². The number of nitrogens with two attached hydrogens (primary N) is 1. The fourth-order valence-corrected chi connectivity index (χ4v) is 0.896. The predicted molar refractivity (Wildman–Crippen MR) is 51.4 cm³/mol. The van der Waals surface area contributed by atoms with E-state index in [1.54, 1.807) is 0 Å². The van der Waals surface area contributed by atoms with Gasteiger partial charge in [-0.25, -0.2) is 0 Å². The summed E-state index contributed by atoms with van der Waals surface area (Å²) in [5, 5.41) is 2.47. The summed E-state index contributed by atoms with van der Waals surface area (Å²) >= 11 is 0. The lowest BCUT2D eigenvalue weighted by Gasteiger charge is -2.01. The van der Waals surface area contributed by atoms with Crippen LogP contribution in [0.1, 0.15) is 32.6 Å². The number of hydrogen-bond acceptors (Lipinski definition) is 3. The Balaban J connectivity index is 3.36. The monoisotopic (exact) mass is 200 g/mol. The Morgan fingerprint density at radius 1 is 1.14 bits per heavy atom. The van der Waals surface area contributed by atoms with Crippen molar-refractivity contribution in [2.24, 2.45) is 5.73 Å². The molecule has 0 bridgehead atoms. The van der Waals surface area contributed by atoms with Crippen molar-refractivity contribution >= 4 is 17.6 Å². The molecular weight excluding hydrogens is 184 g/mol. The second-order valence-corrected chi connectivity index (χ2v) is 3.15. The normalized spacial score (nSPS) is 9.50. The molecule has 0 aromatic carbocycles. The van der Waals surface area contributed by atoms with Crippen LogP contribution in [0.2, 0.25) is 0 Å². The molecule has 0 heterocycles. The van der Waals surface area contributed by atoms with Crippen LogP contribution in [0.15, 0.2) is 0 Å². The van der Waals surface area contributed by atoms with Crippen LogP contribution in [-0.4, -0.2) is 24.1 Å². The van der Waals surface area contributed by atoms with Gasteiger partial charge in [0.05, 0.1) is 6.54 Å². The van der Waals surface area contributed by atoms with E-state index in [1.807, 2.05) is 0 Å². The van der Waals surface area contributed by atoms with E-state index in [0.717, 1.165) is 0 Å². The molecule has 80 valence electrons. The molecule has 0 saturated carbocycles. The van der Waals surface area contributed by atoms with Gasteiger partial charge >= 0.3 is 0 Å². The third-order valence-corrected chi connectivity index (χ3v) is 1.61. The maximum Gasteiger partial charge on any atom is 0.220 e. The summed E-state index contributed by atoms with van der Waals surface area (Å²) in [4.78, 5) is 31.8. The van der Waals surface area contributed by atoms with Crippen LogP contribution in [0, 0.1) is 0 Å². The lowest BCUT2D eigenvalue weighted by Crippen LogP contribution is -2.27. The average Bonchev–Trinajstić information content (AvgIpc) is 2.08. The van der Waals surface area contributed by atoms with Gasteiger partial charge in [-0.15, -0.1) is 0 Å². The number of carbonyl (C=O) groups excluding carboxylic acids is 3. The maximum absolute atomic E-state index is 11.0. The summed E-state index contributed by atoms with van der Waals surface area (Å²) in [7, 11) is 0. The first-order valence-corrected chi connectivity index (χ1v) is 4.57. The van der Waals surface area contributed by atoms with E-state index in [1.165, 1.54) is 6.92 Å². The molecule has 0 aromatic heterocycles. The molecule has 3 N–H and O–H groups in total. The molecule has 0 aliphatic heterocycles. The van der Waals surface area contributed by atoms with Crippen molar-refractivity contribution in [1.29, 1.82) is 0 Å². The molecule has 5 heteroatoms. The Hall–Kier alpha value is -1.39. The van der Waals surface area contributed by atoms with Gasteiger partial charge in [-0.2, -0.15) is 0 Å². The first kappa shape index (κ1) is 12.6. The molecule has 0 rings (SSSR count). The SMILES string of the molecule is CC(=O)CNC(=O)CCCCC(N)=O. The van der Waals surface area contributed by atoms with Crippen LogP contribution in [-0.2, 0) is 14.4 Å². The van der Waals surface area contributed by atoms with E-state index in [9.17, 15) is 14.4 Å². The van der Waals surface area contributed by atoms with Crippen molar-refractivity contribution in [1.82, 2.24) is 5.32 Å². The highest BCUT2D eigenvalue weighted by atomic mass is 16.2. The van der Waals surface area contributed by atoms with E-state index < -0.39 is 0 Å². The minimum absolute atomic E-state index is 0.0736. The van der Waals surface area contributed by atoms with Gasteiger partial charge in [0.1, 0.15) is 5.78 Å². The van der Waals surface area contributed by atoms with Crippen molar-refractivity contribution in [3.63, 3.8) is 0 Å². The van der Waals surface area contributed by atoms with Crippen molar-refractivity contribution in [3.8, 4) is 0 Å². The molecule has 2 amide bonds. The number of rotatable bonds is 7.